The number of rotatable bonds is 4. The monoisotopic (exact) mass is 447 g/mol. The molecule has 2 aliphatic heterocycles. The van der Waals surface area contributed by atoms with Crippen LogP contribution >= 0.6 is 0 Å². The van der Waals surface area contributed by atoms with Crippen LogP contribution in [0.1, 0.15) is 52.7 Å². The number of hydrogen-bond donors (Lipinski definition) is 3. The number of benzene rings is 2. The van der Waals surface area contributed by atoms with E-state index in [2.05, 4.69) is 28.9 Å². The molecule has 33 heavy (non-hydrogen) atoms. The first-order chi connectivity index (χ1) is 16.0. The number of aliphatic hydroxyl groups excluding tert-OH is 1. The lowest BCUT2D eigenvalue weighted by Gasteiger charge is -2.26. The van der Waals surface area contributed by atoms with Crippen LogP contribution in [0.25, 0.3) is 0 Å². The number of nitrogens with zero attached hydrogens (tertiary/aromatic N) is 2. The summed E-state index contributed by atoms with van der Waals surface area (Å²) in [6.07, 6.45) is 3.20. The van der Waals surface area contributed by atoms with Crippen molar-refractivity contribution in [1.82, 2.24) is 15.3 Å². The molecular weight excluding hydrogens is 418 g/mol. The third-order valence-corrected chi connectivity index (χ3v) is 6.24. The van der Waals surface area contributed by atoms with Gasteiger partial charge in [-0.1, -0.05) is 30.4 Å². The van der Waals surface area contributed by atoms with E-state index >= 15 is 0 Å². The molecule has 2 aromatic rings. The molecule has 0 bridgehead atoms. The van der Waals surface area contributed by atoms with Gasteiger partial charge in [-0.05, 0) is 67.9 Å². The first-order valence-corrected chi connectivity index (χ1v) is 11.4. The average molecular weight is 448 g/mol. The van der Waals surface area contributed by atoms with Crippen molar-refractivity contribution < 1.29 is 19.9 Å². The van der Waals surface area contributed by atoms with Crippen molar-refractivity contribution in [2.75, 3.05) is 19.6 Å². The van der Waals surface area contributed by atoms with E-state index in [-0.39, 0.29) is 18.9 Å². The first-order valence-electron chi connectivity index (χ1n) is 11.4. The molecule has 0 spiro atoms. The summed E-state index contributed by atoms with van der Waals surface area (Å²) in [6.45, 7) is 3.38. The molecule has 2 atom stereocenters. The van der Waals surface area contributed by atoms with Crippen LogP contribution in [0.3, 0.4) is 0 Å². The van der Waals surface area contributed by atoms with Crippen LogP contribution in [0.4, 0.5) is 0 Å². The molecule has 3 N–H and O–H groups in total. The van der Waals surface area contributed by atoms with Crippen LogP contribution in [0.15, 0.2) is 48.5 Å². The molecule has 0 unspecified atom stereocenters. The second-order valence-corrected chi connectivity index (χ2v) is 8.70. The minimum Gasteiger partial charge on any atom is -0.391 e. The third-order valence-electron chi connectivity index (χ3n) is 6.24. The van der Waals surface area contributed by atoms with Gasteiger partial charge in [0, 0.05) is 36.2 Å². The maximum Gasteiger partial charge on any atom is 0.266 e. The molecule has 7 heteroatoms. The first kappa shape index (κ1) is 23.0. The van der Waals surface area contributed by atoms with Crippen LogP contribution in [-0.4, -0.2) is 63.7 Å². The Labute approximate surface area is 194 Å². The Morgan fingerprint density at radius 2 is 1.55 bits per heavy atom. The molecule has 4 rings (SSSR count). The lowest BCUT2D eigenvalue weighted by molar-refractivity contribution is -0.133. The number of likely N-dealkylation sites (tertiary alicyclic amines) is 2. The summed E-state index contributed by atoms with van der Waals surface area (Å²) in [5, 5.41) is 18.7. The predicted octanol–water partition coefficient (Wildman–Crippen LogP) is 2.15. The number of hydroxylamine groups is 1. The number of nitrogens with one attached hydrogen (secondary N) is 1. The molecule has 0 saturated carbocycles. The van der Waals surface area contributed by atoms with Crippen LogP contribution in [0.2, 0.25) is 0 Å². The van der Waals surface area contributed by atoms with E-state index in [4.69, 9.17) is 5.21 Å². The highest BCUT2D eigenvalue weighted by Gasteiger charge is 2.39. The van der Waals surface area contributed by atoms with Gasteiger partial charge in [-0.25, -0.2) is 5.48 Å². The normalized spacial score (nSPS) is 20.7. The topological polar surface area (TPSA) is 93.1 Å². The van der Waals surface area contributed by atoms with E-state index in [1.54, 1.807) is 29.7 Å². The zero-order chi connectivity index (χ0) is 23.2. The summed E-state index contributed by atoms with van der Waals surface area (Å²) < 4.78 is 0. The standard InChI is InChI=1S/C26H29N3O4/c30-23-16-24(25(31)27-33)29(18-23)26(32)22-12-10-20(11-13-22)5-4-19-6-8-21(9-7-19)17-28-14-2-1-3-15-28/h6-13,23-24,30,33H,1-3,14-18H2,(H,27,31)/t23-,24-/m0/s1. The Hall–Kier alpha value is -3.18. The minimum absolute atomic E-state index is 0.0478. The third kappa shape index (κ3) is 5.79. The molecular formula is C26H29N3O4. The van der Waals surface area contributed by atoms with Gasteiger partial charge < -0.3 is 10.0 Å². The van der Waals surface area contributed by atoms with Crippen LogP contribution in [-0.2, 0) is 11.3 Å². The fourth-order valence-corrected chi connectivity index (χ4v) is 4.44. The molecule has 0 radical (unpaired) electrons. The molecule has 2 heterocycles. The van der Waals surface area contributed by atoms with E-state index in [0.717, 1.165) is 17.7 Å². The second kappa shape index (κ2) is 10.6. The Morgan fingerprint density at radius 1 is 0.939 bits per heavy atom. The van der Waals surface area contributed by atoms with Crippen molar-refractivity contribution in [3.63, 3.8) is 0 Å². The number of piperidine rings is 1. The van der Waals surface area contributed by atoms with Gasteiger partial charge in [-0.15, -0.1) is 0 Å². The van der Waals surface area contributed by atoms with E-state index in [0.29, 0.717) is 5.56 Å². The summed E-state index contributed by atoms with van der Waals surface area (Å²) in [5.74, 6) is 5.20. The van der Waals surface area contributed by atoms with Gasteiger partial charge in [0.1, 0.15) is 6.04 Å². The highest BCUT2D eigenvalue weighted by molar-refractivity contribution is 5.98. The quantitative estimate of drug-likeness (QED) is 0.379. The number of amides is 2. The van der Waals surface area contributed by atoms with Crippen LogP contribution in [0.5, 0.6) is 0 Å². The van der Waals surface area contributed by atoms with Crippen molar-refractivity contribution >= 4 is 11.8 Å². The van der Waals surface area contributed by atoms with Gasteiger partial charge in [0.05, 0.1) is 6.10 Å². The van der Waals surface area contributed by atoms with Gasteiger partial charge >= 0.3 is 0 Å². The largest absolute Gasteiger partial charge is 0.391 e. The van der Waals surface area contributed by atoms with E-state index in [9.17, 15) is 14.7 Å². The molecule has 0 aliphatic carbocycles. The molecule has 2 saturated heterocycles. The fourth-order valence-electron chi connectivity index (χ4n) is 4.44. The van der Waals surface area contributed by atoms with Crippen molar-refractivity contribution in [3.8, 4) is 11.8 Å². The zero-order valence-corrected chi connectivity index (χ0v) is 18.5. The van der Waals surface area contributed by atoms with Gasteiger partial charge in [-0.3, -0.25) is 19.7 Å². The van der Waals surface area contributed by atoms with E-state index in [1.807, 2.05) is 12.1 Å². The second-order valence-electron chi connectivity index (χ2n) is 8.70. The Bertz CT molecular complexity index is 1030. The summed E-state index contributed by atoms with van der Waals surface area (Å²) in [4.78, 5) is 28.4. The summed E-state index contributed by atoms with van der Waals surface area (Å²) in [6, 6.07) is 14.3. The maximum atomic E-state index is 12.8. The lowest BCUT2D eigenvalue weighted by Crippen LogP contribution is -2.45. The molecule has 2 aromatic carbocycles. The highest BCUT2D eigenvalue weighted by atomic mass is 16.5. The van der Waals surface area contributed by atoms with Gasteiger partial charge in [0.15, 0.2) is 0 Å². The smallest absolute Gasteiger partial charge is 0.266 e. The Kier molecular flexibility index (Phi) is 7.40. The number of hydrogen-bond acceptors (Lipinski definition) is 5. The number of aliphatic hydroxyl groups is 1. The van der Waals surface area contributed by atoms with E-state index in [1.165, 1.54) is 42.8 Å². The summed E-state index contributed by atoms with van der Waals surface area (Å²) in [5.41, 5.74) is 4.96. The van der Waals surface area contributed by atoms with Crippen LogP contribution in [0, 0.1) is 11.8 Å². The van der Waals surface area contributed by atoms with Crippen molar-refractivity contribution in [3.05, 3.63) is 70.8 Å². The van der Waals surface area contributed by atoms with E-state index < -0.39 is 18.1 Å². The highest BCUT2D eigenvalue weighted by Crippen LogP contribution is 2.21. The number of β-amino-alcohol motifs (C(OH)–C–C–N with tert-alkyl or cyclic N) is 1. The zero-order valence-electron chi connectivity index (χ0n) is 18.5. The molecule has 2 amide bonds. The van der Waals surface area contributed by atoms with Gasteiger partial charge in [0.25, 0.3) is 11.8 Å². The van der Waals surface area contributed by atoms with Crippen LogP contribution < -0.4 is 5.48 Å². The van der Waals surface area contributed by atoms with Gasteiger partial charge in [-0.2, -0.15) is 0 Å². The minimum atomic E-state index is -0.894. The molecule has 0 aromatic heterocycles. The molecule has 172 valence electrons. The molecule has 7 nitrogen and oxygen atoms in total. The number of carbonyl (C=O) groups is 2. The Morgan fingerprint density at radius 3 is 2.15 bits per heavy atom. The summed E-state index contributed by atoms with van der Waals surface area (Å²) >= 11 is 0. The van der Waals surface area contributed by atoms with Crippen molar-refractivity contribution in [2.24, 2.45) is 0 Å². The molecule has 2 aliphatic rings. The SMILES string of the molecule is O=C(NO)[C@@H]1C[C@H](O)CN1C(=O)c1ccc(C#Cc2ccc(CN3CCCCC3)cc2)cc1. The molecule has 2 fully saturated rings. The van der Waals surface area contributed by atoms with Gasteiger partial charge in [0.2, 0.25) is 0 Å². The van der Waals surface area contributed by atoms with Crippen molar-refractivity contribution in [2.45, 2.75) is 44.4 Å². The average Bonchev–Trinajstić information content (AvgIpc) is 3.25. The maximum absolute atomic E-state index is 12.8. The Balaban J connectivity index is 1.38. The van der Waals surface area contributed by atoms with Crippen molar-refractivity contribution in [1.29, 1.82) is 0 Å². The number of carbonyl (C=O) groups excluding carboxylic acids is 2. The fraction of sp³-hybridized carbons (Fsp3) is 0.385. The predicted molar refractivity (Wildman–Crippen MR) is 123 cm³/mol. The summed E-state index contributed by atoms with van der Waals surface area (Å²) in [7, 11) is 0. The lowest BCUT2D eigenvalue weighted by atomic mass is 10.1.